The minimum absolute atomic E-state index is 0.0526. The van der Waals surface area contributed by atoms with Gasteiger partial charge in [-0.05, 0) is 48.0 Å². The van der Waals surface area contributed by atoms with Gasteiger partial charge in [0.15, 0.2) is 11.3 Å². The van der Waals surface area contributed by atoms with Crippen LogP contribution in [0, 0.1) is 0 Å². The molecule has 0 saturated heterocycles. The van der Waals surface area contributed by atoms with Gasteiger partial charge in [0.1, 0.15) is 5.75 Å². The number of pyridine rings is 2. The molecule has 3 rings (SSSR count). The van der Waals surface area contributed by atoms with Crippen molar-refractivity contribution in [2.75, 3.05) is 0 Å². The van der Waals surface area contributed by atoms with Gasteiger partial charge in [0.25, 0.3) is 5.91 Å². The lowest BCUT2D eigenvalue weighted by Gasteiger charge is -2.11. The maximum Gasteiger partial charge on any atom is 0.434 e. The first-order valence-corrected chi connectivity index (χ1v) is 7.30. The van der Waals surface area contributed by atoms with Crippen molar-refractivity contribution in [2.24, 2.45) is 5.10 Å². The summed E-state index contributed by atoms with van der Waals surface area (Å²) in [6, 6.07) is 9.97. The second kappa shape index (κ2) is 6.79. The predicted molar refractivity (Wildman–Crippen MR) is 87.7 cm³/mol. The molecule has 0 unspecified atom stereocenters. The highest BCUT2D eigenvalue weighted by Gasteiger charge is 2.37. The number of hydrazone groups is 1. The highest BCUT2D eigenvalue weighted by atomic mass is 19.4. The number of hydrogen-bond acceptors (Lipinski definition) is 5. The summed E-state index contributed by atoms with van der Waals surface area (Å²) in [5, 5.41) is 13.1. The molecule has 2 heterocycles. The van der Waals surface area contributed by atoms with E-state index in [0.29, 0.717) is 10.9 Å². The third-order valence-electron chi connectivity index (χ3n) is 3.38. The zero-order valence-corrected chi connectivity index (χ0v) is 13.0. The number of rotatable bonds is 3. The number of fused-ring (bicyclic) bond motifs is 1. The Hall–Kier alpha value is -3.49. The molecule has 3 aromatic rings. The molecule has 0 radical (unpaired) electrons. The summed E-state index contributed by atoms with van der Waals surface area (Å²) in [5.41, 5.74) is 0.497. The molecule has 0 fully saturated rings. The van der Waals surface area contributed by atoms with Crippen LogP contribution >= 0.6 is 0 Å². The summed E-state index contributed by atoms with van der Waals surface area (Å²) in [4.78, 5) is 19.4. The Balaban J connectivity index is 1.90. The number of alkyl halides is 3. The number of hydrogen-bond donors (Lipinski definition) is 2. The van der Waals surface area contributed by atoms with E-state index in [9.17, 15) is 23.1 Å². The van der Waals surface area contributed by atoms with Crippen LogP contribution in [0.25, 0.3) is 11.0 Å². The lowest BCUT2D eigenvalue weighted by Crippen LogP contribution is -2.23. The number of amides is 1. The average Bonchev–Trinajstić information content (AvgIpc) is 2.61. The summed E-state index contributed by atoms with van der Waals surface area (Å²) < 4.78 is 39.7. The molecule has 0 atom stereocenters. The van der Waals surface area contributed by atoms with Gasteiger partial charge in [0.2, 0.25) is 0 Å². The highest BCUT2D eigenvalue weighted by molar-refractivity contribution is 5.98. The number of carbonyl (C=O) groups excluding carboxylic acids is 1. The largest absolute Gasteiger partial charge is 0.508 e. The smallest absolute Gasteiger partial charge is 0.434 e. The fourth-order valence-electron chi connectivity index (χ4n) is 2.18. The first-order valence-electron chi connectivity index (χ1n) is 7.30. The second-order valence-electron chi connectivity index (χ2n) is 5.22. The van der Waals surface area contributed by atoms with Gasteiger partial charge in [0, 0.05) is 11.6 Å². The first kappa shape index (κ1) is 17.3. The molecule has 6 nitrogen and oxygen atoms in total. The summed E-state index contributed by atoms with van der Waals surface area (Å²) in [7, 11) is 0. The molecule has 26 heavy (non-hydrogen) atoms. The van der Waals surface area contributed by atoms with Crippen molar-refractivity contribution in [2.45, 2.75) is 6.18 Å². The molecule has 0 aliphatic heterocycles. The number of nitrogens with zero attached hydrogens (tertiary/aromatic N) is 3. The lowest BCUT2D eigenvalue weighted by molar-refractivity contribution is -0.141. The summed E-state index contributed by atoms with van der Waals surface area (Å²) in [6.07, 6.45) is -2.27. The van der Waals surface area contributed by atoms with Crippen molar-refractivity contribution in [3.8, 4) is 5.75 Å². The average molecular weight is 360 g/mol. The zero-order valence-electron chi connectivity index (χ0n) is 13.0. The number of halogens is 3. The molecule has 0 spiro atoms. The van der Waals surface area contributed by atoms with Crippen LogP contribution < -0.4 is 5.43 Å². The Morgan fingerprint density at radius 1 is 1.19 bits per heavy atom. The molecule has 9 heteroatoms. The Labute approximate surface area is 145 Å². The number of aromatic hydroxyl groups is 1. The monoisotopic (exact) mass is 360 g/mol. The van der Waals surface area contributed by atoms with Gasteiger partial charge in [-0.3, -0.25) is 4.79 Å². The van der Waals surface area contributed by atoms with Gasteiger partial charge in [-0.1, -0.05) is 0 Å². The molecular formula is C17H11F3N4O2. The van der Waals surface area contributed by atoms with Crippen LogP contribution in [0.3, 0.4) is 0 Å². The van der Waals surface area contributed by atoms with E-state index in [1.54, 1.807) is 0 Å². The van der Waals surface area contributed by atoms with Crippen LogP contribution in [0.15, 0.2) is 53.8 Å². The van der Waals surface area contributed by atoms with Gasteiger partial charge in [-0.15, -0.1) is 0 Å². The van der Waals surface area contributed by atoms with Gasteiger partial charge < -0.3 is 5.11 Å². The molecule has 1 aromatic carbocycles. The van der Waals surface area contributed by atoms with E-state index in [1.165, 1.54) is 48.8 Å². The molecule has 132 valence electrons. The minimum atomic E-state index is -4.82. The molecule has 1 amide bonds. The Bertz CT molecular complexity index is 985. The van der Waals surface area contributed by atoms with E-state index in [2.05, 4.69) is 15.1 Å². The maximum atomic E-state index is 13.2. The number of benzene rings is 1. The quantitative estimate of drug-likeness (QED) is 0.555. The number of nitrogens with one attached hydrogen (secondary N) is 1. The number of carbonyl (C=O) groups is 1. The van der Waals surface area contributed by atoms with Crippen LogP contribution in [-0.4, -0.2) is 27.2 Å². The van der Waals surface area contributed by atoms with Crippen LogP contribution in [0.4, 0.5) is 13.2 Å². The van der Waals surface area contributed by atoms with E-state index in [1.807, 2.05) is 5.43 Å². The Morgan fingerprint density at radius 2 is 1.92 bits per heavy atom. The zero-order chi connectivity index (χ0) is 18.7. The molecule has 2 aromatic heterocycles. The topological polar surface area (TPSA) is 87.5 Å². The lowest BCUT2D eigenvalue weighted by atomic mass is 10.1. The normalized spacial score (nSPS) is 11.8. The van der Waals surface area contributed by atoms with Crippen molar-refractivity contribution < 1.29 is 23.1 Å². The van der Waals surface area contributed by atoms with E-state index in [4.69, 9.17) is 0 Å². The molecule has 0 saturated carbocycles. The molecular weight excluding hydrogens is 349 g/mol. The van der Waals surface area contributed by atoms with Crippen molar-refractivity contribution in [1.82, 2.24) is 15.4 Å². The molecule has 0 aliphatic rings. The van der Waals surface area contributed by atoms with E-state index in [0.717, 1.165) is 6.07 Å². The summed E-state index contributed by atoms with van der Waals surface area (Å²) in [5.74, 6) is -0.998. The van der Waals surface area contributed by atoms with Crippen LogP contribution in [0.5, 0.6) is 5.75 Å². The van der Waals surface area contributed by atoms with Crippen molar-refractivity contribution in [3.63, 3.8) is 0 Å². The second-order valence-corrected chi connectivity index (χ2v) is 5.22. The van der Waals surface area contributed by atoms with Crippen LogP contribution in [0.1, 0.15) is 21.6 Å². The van der Waals surface area contributed by atoms with Crippen LogP contribution in [0.2, 0.25) is 0 Å². The van der Waals surface area contributed by atoms with Gasteiger partial charge in [0.05, 0.1) is 11.8 Å². The summed E-state index contributed by atoms with van der Waals surface area (Å²) in [6.45, 7) is 0. The molecule has 0 aliphatic carbocycles. The number of aromatic nitrogens is 2. The third-order valence-corrected chi connectivity index (χ3v) is 3.38. The van der Waals surface area contributed by atoms with E-state index < -0.39 is 23.3 Å². The number of phenolic OH excluding ortho intramolecular Hbond substituents is 1. The SMILES string of the molecule is O=C(N/N=C/c1ccc(O)cc1)c1cc2cccnc2nc1C(F)(F)F. The van der Waals surface area contributed by atoms with Gasteiger partial charge in [-0.25, -0.2) is 15.4 Å². The standard InChI is InChI=1S/C17H11F3N4O2/c18-17(19,20)14-13(8-11-2-1-7-21-15(11)23-14)16(26)24-22-9-10-3-5-12(25)6-4-10/h1-9,25H,(H,24,26)/b22-9+. The first-order chi connectivity index (χ1) is 12.3. The molecule has 2 N–H and O–H groups in total. The highest BCUT2D eigenvalue weighted by Crippen LogP contribution is 2.32. The minimum Gasteiger partial charge on any atom is -0.508 e. The summed E-state index contributed by atoms with van der Waals surface area (Å²) >= 11 is 0. The third kappa shape index (κ3) is 3.77. The van der Waals surface area contributed by atoms with Gasteiger partial charge in [-0.2, -0.15) is 18.3 Å². The fourth-order valence-corrected chi connectivity index (χ4v) is 2.18. The van der Waals surface area contributed by atoms with Crippen molar-refractivity contribution in [3.05, 3.63) is 65.5 Å². The van der Waals surface area contributed by atoms with Crippen LogP contribution in [-0.2, 0) is 6.18 Å². The maximum absolute atomic E-state index is 13.2. The van der Waals surface area contributed by atoms with Crippen molar-refractivity contribution >= 4 is 23.2 Å². The Kier molecular flexibility index (Phi) is 4.53. The van der Waals surface area contributed by atoms with Crippen molar-refractivity contribution in [1.29, 1.82) is 0 Å². The van der Waals surface area contributed by atoms with Gasteiger partial charge >= 0.3 is 6.18 Å². The molecule has 0 bridgehead atoms. The number of phenols is 1. The van der Waals surface area contributed by atoms with E-state index >= 15 is 0 Å². The van der Waals surface area contributed by atoms with E-state index in [-0.39, 0.29) is 11.4 Å². The Morgan fingerprint density at radius 3 is 2.62 bits per heavy atom. The predicted octanol–water partition coefficient (Wildman–Crippen LogP) is 3.12. The fraction of sp³-hybridized carbons (Fsp3) is 0.0588.